The molecule has 0 spiro atoms. The Hall–Kier alpha value is -2.54. The third-order valence-corrected chi connectivity index (χ3v) is 4.22. The van der Waals surface area contributed by atoms with Crippen LogP contribution >= 0.6 is 0 Å². The van der Waals surface area contributed by atoms with Crippen LogP contribution in [-0.2, 0) is 4.79 Å². The number of nitrogens with one attached hydrogen (secondary N) is 1. The van der Waals surface area contributed by atoms with Gasteiger partial charge in [-0.15, -0.1) is 0 Å². The number of rotatable bonds is 4. The summed E-state index contributed by atoms with van der Waals surface area (Å²) in [7, 11) is 0. The van der Waals surface area contributed by atoms with Crippen molar-refractivity contribution in [3.05, 3.63) is 47.7 Å². The van der Waals surface area contributed by atoms with Crippen molar-refractivity contribution >= 4 is 17.4 Å². The molecule has 1 aliphatic heterocycles. The number of piperazine rings is 1. The predicted molar refractivity (Wildman–Crippen MR) is 95.2 cm³/mol. The lowest BCUT2D eigenvalue weighted by molar-refractivity contribution is -0.117. The van der Waals surface area contributed by atoms with Gasteiger partial charge in [0.1, 0.15) is 11.6 Å². The molecule has 0 radical (unpaired) electrons. The number of anilines is 2. The molecule has 1 fully saturated rings. The third kappa shape index (κ3) is 4.51. The minimum absolute atomic E-state index is 0.0911. The van der Waals surface area contributed by atoms with E-state index in [2.05, 4.69) is 25.1 Å². The van der Waals surface area contributed by atoms with Crippen LogP contribution < -0.4 is 10.2 Å². The molecule has 0 bridgehead atoms. The highest BCUT2D eigenvalue weighted by Crippen LogP contribution is 2.17. The van der Waals surface area contributed by atoms with Crippen LogP contribution in [0.2, 0.25) is 0 Å². The topological polar surface area (TPSA) is 61.4 Å². The summed E-state index contributed by atoms with van der Waals surface area (Å²) in [6, 6.07) is 5.79. The van der Waals surface area contributed by atoms with Gasteiger partial charge in [-0.3, -0.25) is 14.7 Å². The number of hydrogen-bond acceptors (Lipinski definition) is 5. The fraction of sp³-hybridized carbons (Fsp3) is 0.389. The van der Waals surface area contributed by atoms with E-state index < -0.39 is 0 Å². The number of nitrogens with zero attached hydrogens (tertiary/aromatic N) is 4. The normalized spacial score (nSPS) is 15.2. The summed E-state index contributed by atoms with van der Waals surface area (Å²) in [5.41, 5.74) is 2.44. The molecule has 1 N–H and O–H groups in total. The monoisotopic (exact) mass is 343 g/mol. The minimum Gasteiger partial charge on any atom is -0.353 e. The molecule has 2 heterocycles. The smallest absolute Gasteiger partial charge is 0.238 e. The van der Waals surface area contributed by atoms with Gasteiger partial charge in [0.25, 0.3) is 0 Å². The van der Waals surface area contributed by atoms with E-state index in [1.807, 2.05) is 13.8 Å². The Morgan fingerprint density at radius 3 is 2.52 bits per heavy atom. The molecule has 6 nitrogen and oxygen atoms in total. The van der Waals surface area contributed by atoms with Crippen LogP contribution in [0.15, 0.2) is 30.5 Å². The average molecular weight is 343 g/mol. The summed E-state index contributed by atoms with van der Waals surface area (Å²) in [6.07, 6.45) is 1.77. The average Bonchev–Trinajstić information content (AvgIpc) is 2.60. The number of hydrogen-bond donors (Lipinski definition) is 1. The van der Waals surface area contributed by atoms with Crippen molar-refractivity contribution < 1.29 is 9.18 Å². The van der Waals surface area contributed by atoms with Crippen molar-refractivity contribution in [2.45, 2.75) is 13.8 Å². The van der Waals surface area contributed by atoms with Crippen LogP contribution in [0.25, 0.3) is 0 Å². The number of aryl methyl sites for hydroxylation is 2. The number of carbonyl (C=O) groups is 1. The number of amides is 1. The van der Waals surface area contributed by atoms with Gasteiger partial charge in [0.2, 0.25) is 5.91 Å². The van der Waals surface area contributed by atoms with E-state index in [1.54, 1.807) is 18.3 Å². The van der Waals surface area contributed by atoms with Crippen molar-refractivity contribution in [3.8, 4) is 0 Å². The Morgan fingerprint density at radius 2 is 1.84 bits per heavy atom. The van der Waals surface area contributed by atoms with E-state index in [-0.39, 0.29) is 11.7 Å². The van der Waals surface area contributed by atoms with Crippen LogP contribution in [0.5, 0.6) is 0 Å². The first-order valence-corrected chi connectivity index (χ1v) is 8.34. The lowest BCUT2D eigenvalue weighted by Crippen LogP contribution is -2.49. The van der Waals surface area contributed by atoms with E-state index in [4.69, 9.17) is 0 Å². The molecule has 0 atom stereocenters. The van der Waals surface area contributed by atoms with E-state index in [0.717, 1.165) is 43.4 Å². The second kappa shape index (κ2) is 7.57. The number of benzene rings is 1. The Labute approximate surface area is 146 Å². The lowest BCUT2D eigenvalue weighted by Gasteiger charge is -2.35. The molecule has 3 rings (SSSR count). The highest BCUT2D eigenvalue weighted by Gasteiger charge is 2.21. The van der Waals surface area contributed by atoms with Crippen LogP contribution in [0.3, 0.4) is 0 Å². The Kier molecular flexibility index (Phi) is 5.23. The van der Waals surface area contributed by atoms with Gasteiger partial charge in [-0.05, 0) is 38.1 Å². The first kappa shape index (κ1) is 17.3. The van der Waals surface area contributed by atoms with Gasteiger partial charge in [0.05, 0.1) is 17.9 Å². The Balaban J connectivity index is 1.51. The Bertz CT molecular complexity index is 742. The van der Waals surface area contributed by atoms with Gasteiger partial charge in [0.15, 0.2) is 0 Å². The standard InChI is InChI=1S/C18H22FN5O/c1-13-11-20-14(2)18(21-13)24-9-7-23(8-10-24)12-17(25)22-16-5-3-15(19)4-6-16/h3-6,11H,7-10,12H2,1-2H3,(H,22,25). The molecular formula is C18H22FN5O. The second-order valence-electron chi connectivity index (χ2n) is 6.24. The lowest BCUT2D eigenvalue weighted by atomic mass is 10.2. The van der Waals surface area contributed by atoms with Gasteiger partial charge in [-0.25, -0.2) is 9.37 Å². The zero-order valence-electron chi connectivity index (χ0n) is 14.5. The quantitative estimate of drug-likeness (QED) is 0.920. The van der Waals surface area contributed by atoms with Crippen molar-refractivity contribution in [1.29, 1.82) is 0 Å². The molecule has 1 amide bonds. The van der Waals surface area contributed by atoms with Crippen molar-refractivity contribution in [2.24, 2.45) is 0 Å². The zero-order valence-corrected chi connectivity index (χ0v) is 14.5. The molecule has 1 aromatic carbocycles. The van der Waals surface area contributed by atoms with Crippen molar-refractivity contribution in [1.82, 2.24) is 14.9 Å². The molecule has 25 heavy (non-hydrogen) atoms. The summed E-state index contributed by atoms with van der Waals surface area (Å²) in [4.78, 5) is 25.4. The van der Waals surface area contributed by atoms with E-state index in [1.165, 1.54) is 12.1 Å². The number of aromatic nitrogens is 2. The van der Waals surface area contributed by atoms with Crippen LogP contribution in [0.4, 0.5) is 15.9 Å². The molecule has 1 aromatic heterocycles. The maximum atomic E-state index is 12.9. The maximum absolute atomic E-state index is 12.9. The zero-order chi connectivity index (χ0) is 17.8. The van der Waals surface area contributed by atoms with Gasteiger partial charge in [-0.1, -0.05) is 0 Å². The van der Waals surface area contributed by atoms with Crippen LogP contribution in [0, 0.1) is 19.7 Å². The molecule has 7 heteroatoms. The fourth-order valence-electron chi connectivity index (χ4n) is 2.88. The fourth-order valence-corrected chi connectivity index (χ4v) is 2.88. The molecule has 2 aromatic rings. The van der Waals surface area contributed by atoms with Gasteiger partial charge >= 0.3 is 0 Å². The molecule has 0 aliphatic carbocycles. The SMILES string of the molecule is Cc1cnc(C)c(N2CCN(CC(=O)Nc3ccc(F)cc3)CC2)n1. The van der Waals surface area contributed by atoms with Crippen LogP contribution in [-0.4, -0.2) is 53.5 Å². The second-order valence-corrected chi connectivity index (χ2v) is 6.24. The summed E-state index contributed by atoms with van der Waals surface area (Å²) < 4.78 is 12.9. The van der Waals surface area contributed by atoms with E-state index in [9.17, 15) is 9.18 Å². The summed E-state index contributed by atoms with van der Waals surface area (Å²) in [5, 5.41) is 2.79. The maximum Gasteiger partial charge on any atom is 0.238 e. The van der Waals surface area contributed by atoms with Crippen molar-refractivity contribution in [3.63, 3.8) is 0 Å². The van der Waals surface area contributed by atoms with Gasteiger partial charge in [0, 0.05) is 38.1 Å². The van der Waals surface area contributed by atoms with Gasteiger partial charge < -0.3 is 10.2 Å². The summed E-state index contributed by atoms with van der Waals surface area (Å²) in [5.74, 6) is 0.519. The highest BCUT2D eigenvalue weighted by molar-refractivity contribution is 5.92. The highest BCUT2D eigenvalue weighted by atomic mass is 19.1. The van der Waals surface area contributed by atoms with Crippen molar-refractivity contribution in [2.75, 3.05) is 42.9 Å². The summed E-state index contributed by atoms with van der Waals surface area (Å²) >= 11 is 0. The molecule has 1 aliphatic rings. The van der Waals surface area contributed by atoms with E-state index >= 15 is 0 Å². The first-order chi connectivity index (χ1) is 12.0. The molecule has 0 saturated carbocycles. The third-order valence-electron chi connectivity index (χ3n) is 4.22. The van der Waals surface area contributed by atoms with E-state index in [0.29, 0.717) is 12.2 Å². The van der Waals surface area contributed by atoms with Crippen LogP contribution in [0.1, 0.15) is 11.4 Å². The predicted octanol–water partition coefficient (Wildman–Crippen LogP) is 1.99. The minimum atomic E-state index is -0.316. The first-order valence-electron chi connectivity index (χ1n) is 8.34. The number of halogens is 1. The number of carbonyl (C=O) groups excluding carboxylic acids is 1. The molecular weight excluding hydrogens is 321 g/mol. The Morgan fingerprint density at radius 1 is 1.16 bits per heavy atom. The largest absolute Gasteiger partial charge is 0.353 e. The van der Waals surface area contributed by atoms with Gasteiger partial charge in [-0.2, -0.15) is 0 Å². The molecule has 1 saturated heterocycles. The molecule has 132 valence electrons. The summed E-state index contributed by atoms with van der Waals surface area (Å²) in [6.45, 7) is 7.41. The molecule has 0 unspecified atom stereocenters.